The fraction of sp³-hybridized carbons (Fsp3) is 0.222. The number of imidazole rings is 1. The smallest absolute Gasteiger partial charge is 0.253 e. The molecule has 0 fully saturated rings. The van der Waals surface area contributed by atoms with Crippen LogP contribution in [0.1, 0.15) is 34.7 Å². The number of methoxy groups -OCH3 is 1. The first kappa shape index (κ1) is 23.0. The third-order valence-corrected chi connectivity index (χ3v) is 5.52. The number of para-hydroxylation sites is 2. The van der Waals surface area contributed by atoms with Crippen molar-refractivity contribution in [2.24, 2.45) is 0 Å². The van der Waals surface area contributed by atoms with Gasteiger partial charge in [-0.2, -0.15) is 0 Å². The van der Waals surface area contributed by atoms with Gasteiger partial charge in [-0.05, 0) is 55.3 Å². The molecule has 0 saturated heterocycles. The van der Waals surface area contributed by atoms with Crippen molar-refractivity contribution < 1.29 is 14.3 Å². The van der Waals surface area contributed by atoms with Gasteiger partial charge in [-0.15, -0.1) is 6.58 Å². The van der Waals surface area contributed by atoms with Crippen LogP contribution in [0.25, 0.3) is 11.0 Å². The SMILES string of the molecule is C=CCc1ccc(OCCn2c(C(C)NC(=O)c3cccnc3)nc3ccccc32)c(OC)c1. The number of hydrogen-bond donors (Lipinski definition) is 1. The Morgan fingerprint density at radius 3 is 2.79 bits per heavy atom. The summed E-state index contributed by atoms with van der Waals surface area (Å²) in [5.41, 5.74) is 3.47. The summed E-state index contributed by atoms with van der Waals surface area (Å²) in [6.07, 6.45) is 5.81. The normalized spacial score (nSPS) is 11.7. The first-order chi connectivity index (χ1) is 16.6. The number of fused-ring (bicyclic) bond motifs is 1. The van der Waals surface area contributed by atoms with Gasteiger partial charge in [0.05, 0.1) is 36.3 Å². The molecule has 2 heterocycles. The predicted octanol–water partition coefficient (Wildman–Crippen LogP) is 4.74. The average Bonchev–Trinajstić information content (AvgIpc) is 3.24. The van der Waals surface area contributed by atoms with Crippen LogP contribution < -0.4 is 14.8 Å². The molecule has 34 heavy (non-hydrogen) atoms. The molecule has 7 heteroatoms. The summed E-state index contributed by atoms with van der Waals surface area (Å²) < 4.78 is 13.7. The van der Waals surface area contributed by atoms with Crippen LogP contribution in [0, 0.1) is 0 Å². The molecule has 1 atom stereocenters. The molecule has 4 rings (SSSR count). The van der Waals surface area contributed by atoms with E-state index in [0.29, 0.717) is 30.2 Å². The molecule has 2 aromatic heterocycles. The fourth-order valence-electron chi connectivity index (χ4n) is 3.87. The number of ether oxygens (including phenoxy) is 2. The molecule has 0 aliphatic rings. The molecule has 0 aliphatic carbocycles. The number of nitrogens with zero attached hydrogens (tertiary/aromatic N) is 3. The lowest BCUT2D eigenvalue weighted by atomic mass is 10.1. The highest BCUT2D eigenvalue weighted by atomic mass is 16.5. The quantitative estimate of drug-likeness (QED) is 0.349. The maximum absolute atomic E-state index is 12.7. The van der Waals surface area contributed by atoms with Crippen molar-refractivity contribution in [2.45, 2.75) is 25.9 Å². The van der Waals surface area contributed by atoms with E-state index < -0.39 is 0 Å². The maximum atomic E-state index is 12.7. The first-order valence-corrected chi connectivity index (χ1v) is 11.2. The number of amides is 1. The molecule has 4 aromatic rings. The van der Waals surface area contributed by atoms with Gasteiger partial charge in [-0.25, -0.2) is 4.98 Å². The summed E-state index contributed by atoms with van der Waals surface area (Å²) >= 11 is 0. The Labute approximate surface area is 199 Å². The predicted molar refractivity (Wildman–Crippen MR) is 132 cm³/mol. The Balaban J connectivity index is 1.52. The highest BCUT2D eigenvalue weighted by Gasteiger charge is 2.19. The lowest BCUT2D eigenvalue weighted by molar-refractivity contribution is 0.0937. The molecule has 1 amide bonds. The van der Waals surface area contributed by atoms with Gasteiger partial charge < -0.3 is 19.4 Å². The number of aromatic nitrogens is 3. The topological polar surface area (TPSA) is 78.3 Å². The highest BCUT2D eigenvalue weighted by Crippen LogP contribution is 2.29. The Morgan fingerprint density at radius 1 is 1.18 bits per heavy atom. The third kappa shape index (κ3) is 5.09. The monoisotopic (exact) mass is 456 g/mol. The van der Waals surface area contributed by atoms with Crippen LogP contribution in [0.2, 0.25) is 0 Å². The zero-order valence-corrected chi connectivity index (χ0v) is 19.4. The van der Waals surface area contributed by atoms with Crippen molar-refractivity contribution in [3.8, 4) is 11.5 Å². The van der Waals surface area contributed by atoms with Crippen LogP contribution in [0.3, 0.4) is 0 Å². The summed E-state index contributed by atoms with van der Waals surface area (Å²) in [4.78, 5) is 21.5. The Hall–Kier alpha value is -4.13. The third-order valence-electron chi connectivity index (χ3n) is 5.52. The van der Waals surface area contributed by atoms with Crippen LogP contribution in [-0.2, 0) is 13.0 Å². The molecule has 1 unspecified atom stereocenters. The molecular weight excluding hydrogens is 428 g/mol. The average molecular weight is 457 g/mol. The van der Waals surface area contributed by atoms with Gasteiger partial charge in [0.25, 0.3) is 5.91 Å². The summed E-state index contributed by atoms with van der Waals surface area (Å²) in [7, 11) is 1.63. The fourth-order valence-corrected chi connectivity index (χ4v) is 3.87. The van der Waals surface area contributed by atoms with E-state index in [1.807, 2.05) is 55.5 Å². The second-order valence-electron chi connectivity index (χ2n) is 7.87. The largest absolute Gasteiger partial charge is 0.493 e. The van der Waals surface area contributed by atoms with Gasteiger partial charge in [-0.3, -0.25) is 9.78 Å². The standard InChI is InChI=1S/C27H28N4O3/c1-4-8-20-12-13-24(25(17-20)33-3)34-16-15-31-23-11-6-5-10-22(23)30-26(31)19(2)29-27(32)21-9-7-14-28-18-21/h4-7,9-14,17-19H,1,8,15-16H2,2-3H3,(H,29,32). The van der Waals surface area contributed by atoms with Crippen molar-refractivity contribution in [3.63, 3.8) is 0 Å². The number of carbonyl (C=O) groups excluding carboxylic acids is 1. The van der Waals surface area contributed by atoms with E-state index in [-0.39, 0.29) is 11.9 Å². The molecule has 0 bridgehead atoms. The van der Waals surface area contributed by atoms with Gasteiger partial charge in [0, 0.05) is 12.4 Å². The van der Waals surface area contributed by atoms with Crippen LogP contribution in [-0.4, -0.2) is 34.2 Å². The van der Waals surface area contributed by atoms with E-state index in [4.69, 9.17) is 14.5 Å². The first-order valence-electron chi connectivity index (χ1n) is 11.2. The zero-order chi connectivity index (χ0) is 23.9. The molecule has 7 nitrogen and oxygen atoms in total. The number of allylic oxidation sites excluding steroid dienone is 1. The zero-order valence-electron chi connectivity index (χ0n) is 19.4. The number of carbonyl (C=O) groups is 1. The van der Waals surface area contributed by atoms with Crippen LogP contribution in [0.15, 0.2) is 79.6 Å². The lowest BCUT2D eigenvalue weighted by Crippen LogP contribution is -2.29. The molecule has 0 spiro atoms. The summed E-state index contributed by atoms with van der Waals surface area (Å²) in [5.74, 6) is 1.93. The van der Waals surface area contributed by atoms with Gasteiger partial charge in [0.1, 0.15) is 12.4 Å². The van der Waals surface area contributed by atoms with Gasteiger partial charge in [0.15, 0.2) is 11.5 Å². The van der Waals surface area contributed by atoms with Crippen LogP contribution in [0.4, 0.5) is 0 Å². The van der Waals surface area contributed by atoms with E-state index in [2.05, 4.69) is 21.4 Å². The van der Waals surface area contributed by atoms with Gasteiger partial charge in [-0.1, -0.05) is 24.3 Å². The van der Waals surface area contributed by atoms with E-state index in [1.165, 1.54) is 0 Å². The highest BCUT2D eigenvalue weighted by molar-refractivity contribution is 5.94. The number of pyridine rings is 1. The maximum Gasteiger partial charge on any atom is 0.253 e. The second-order valence-corrected chi connectivity index (χ2v) is 7.87. The summed E-state index contributed by atoms with van der Waals surface area (Å²) in [5, 5.41) is 3.03. The van der Waals surface area contributed by atoms with Crippen LogP contribution >= 0.6 is 0 Å². The summed E-state index contributed by atoms with van der Waals surface area (Å²) in [6, 6.07) is 17.0. The van der Waals surface area contributed by atoms with Crippen molar-refractivity contribution >= 4 is 16.9 Å². The molecule has 0 radical (unpaired) electrons. The van der Waals surface area contributed by atoms with E-state index in [9.17, 15) is 4.79 Å². The number of rotatable bonds is 10. The number of nitrogens with one attached hydrogen (secondary N) is 1. The van der Waals surface area contributed by atoms with Gasteiger partial charge >= 0.3 is 0 Å². The minimum atomic E-state index is -0.312. The van der Waals surface area contributed by atoms with Crippen molar-refractivity contribution in [3.05, 3.63) is 96.6 Å². The Bertz CT molecular complexity index is 1280. The summed E-state index contributed by atoms with van der Waals surface area (Å²) in [6.45, 7) is 6.68. The Morgan fingerprint density at radius 2 is 2.03 bits per heavy atom. The van der Waals surface area contributed by atoms with Crippen molar-refractivity contribution in [2.75, 3.05) is 13.7 Å². The van der Waals surface area contributed by atoms with Crippen molar-refractivity contribution in [1.82, 2.24) is 19.9 Å². The minimum Gasteiger partial charge on any atom is -0.493 e. The Kier molecular flexibility index (Phi) is 7.22. The van der Waals surface area contributed by atoms with E-state index in [1.54, 1.807) is 31.6 Å². The molecule has 2 aromatic carbocycles. The van der Waals surface area contributed by atoms with E-state index in [0.717, 1.165) is 28.8 Å². The molecule has 0 saturated carbocycles. The number of benzene rings is 2. The second kappa shape index (κ2) is 10.7. The van der Waals surface area contributed by atoms with Crippen LogP contribution in [0.5, 0.6) is 11.5 Å². The minimum absolute atomic E-state index is 0.195. The number of hydrogen-bond acceptors (Lipinski definition) is 5. The lowest BCUT2D eigenvalue weighted by Gasteiger charge is -2.17. The van der Waals surface area contributed by atoms with Gasteiger partial charge in [0.2, 0.25) is 0 Å². The molecule has 1 N–H and O–H groups in total. The van der Waals surface area contributed by atoms with E-state index >= 15 is 0 Å². The molecule has 0 aliphatic heterocycles. The molecular formula is C27H28N4O3. The molecule has 174 valence electrons. The van der Waals surface area contributed by atoms with Crippen molar-refractivity contribution in [1.29, 1.82) is 0 Å².